The zero-order valence-corrected chi connectivity index (χ0v) is 11.6. The molecule has 23 heavy (non-hydrogen) atoms. The van der Waals surface area contributed by atoms with Crippen molar-refractivity contribution in [1.29, 1.82) is 0 Å². The molecule has 0 radical (unpaired) electrons. The molecule has 0 bridgehead atoms. The van der Waals surface area contributed by atoms with Crippen molar-refractivity contribution in [1.82, 2.24) is 29.9 Å². The summed E-state index contributed by atoms with van der Waals surface area (Å²) in [5.41, 5.74) is 2.27. The number of rotatable bonds is 3. The van der Waals surface area contributed by atoms with Gasteiger partial charge in [-0.15, -0.1) is 0 Å². The first-order valence-electron chi connectivity index (χ1n) is 6.04. The molecule has 0 unspecified atom stereocenters. The SMILES string of the molecule is C.C.COC(=O)c1cnn(-c2nc(OC)c3n[nH]c(C)c3n2)c1. The minimum absolute atomic E-state index is 0. The Hall–Kier alpha value is -2.97. The topological polar surface area (TPSA) is 108 Å². The van der Waals surface area contributed by atoms with Gasteiger partial charge in [-0.25, -0.2) is 14.5 Å². The molecule has 3 aromatic heterocycles. The maximum atomic E-state index is 11.5. The molecule has 0 saturated heterocycles. The van der Waals surface area contributed by atoms with Crippen LogP contribution < -0.4 is 4.74 Å². The van der Waals surface area contributed by atoms with Crippen molar-refractivity contribution in [3.05, 3.63) is 23.7 Å². The van der Waals surface area contributed by atoms with Crippen LogP contribution in [0, 0.1) is 6.92 Å². The van der Waals surface area contributed by atoms with Crippen molar-refractivity contribution in [2.45, 2.75) is 21.8 Å². The lowest BCUT2D eigenvalue weighted by molar-refractivity contribution is 0.0600. The third-order valence-electron chi connectivity index (χ3n) is 2.93. The van der Waals surface area contributed by atoms with Crippen molar-refractivity contribution in [2.24, 2.45) is 0 Å². The standard InChI is InChI=1S/C12H12N6O3.2CH4/c1-6-8-9(17-16-6)10(20-2)15-12(14-8)18-5-7(4-13-18)11(19)21-3;;/h4-5H,1-3H3,(H,16,17);2*1H4. The number of H-pyrrole nitrogens is 1. The number of methoxy groups -OCH3 is 2. The molecule has 9 nitrogen and oxygen atoms in total. The monoisotopic (exact) mass is 320 g/mol. The molecular formula is C14H20N6O3. The van der Waals surface area contributed by atoms with Gasteiger partial charge in [0.05, 0.1) is 31.7 Å². The molecule has 0 aliphatic rings. The fourth-order valence-electron chi connectivity index (χ4n) is 1.88. The Kier molecular flexibility index (Phi) is 5.39. The first kappa shape index (κ1) is 18.1. The maximum absolute atomic E-state index is 11.5. The lowest BCUT2D eigenvalue weighted by Crippen LogP contribution is -2.04. The Morgan fingerprint density at radius 2 is 1.96 bits per heavy atom. The minimum Gasteiger partial charge on any atom is -0.479 e. The van der Waals surface area contributed by atoms with Gasteiger partial charge in [-0.05, 0) is 6.92 Å². The van der Waals surface area contributed by atoms with Gasteiger partial charge in [-0.1, -0.05) is 14.9 Å². The third kappa shape index (κ3) is 2.98. The Morgan fingerprint density at radius 3 is 2.61 bits per heavy atom. The molecule has 0 aliphatic heterocycles. The molecule has 0 amide bonds. The van der Waals surface area contributed by atoms with Crippen LogP contribution in [0.4, 0.5) is 0 Å². The van der Waals surface area contributed by atoms with E-state index in [2.05, 4.69) is 30.0 Å². The number of nitrogens with zero attached hydrogens (tertiary/aromatic N) is 5. The second kappa shape index (κ2) is 6.86. The van der Waals surface area contributed by atoms with Gasteiger partial charge in [0.2, 0.25) is 5.88 Å². The van der Waals surface area contributed by atoms with E-state index in [9.17, 15) is 4.79 Å². The summed E-state index contributed by atoms with van der Waals surface area (Å²) in [5.74, 6) is 0.127. The molecule has 0 atom stereocenters. The van der Waals surface area contributed by atoms with Gasteiger partial charge in [-0.2, -0.15) is 15.2 Å². The number of aromatic amines is 1. The van der Waals surface area contributed by atoms with Gasteiger partial charge in [-0.3, -0.25) is 5.10 Å². The fraction of sp³-hybridized carbons (Fsp3) is 0.357. The molecular weight excluding hydrogens is 300 g/mol. The molecule has 0 aromatic carbocycles. The van der Waals surface area contributed by atoms with E-state index in [1.165, 1.54) is 31.3 Å². The van der Waals surface area contributed by atoms with Gasteiger partial charge in [0, 0.05) is 6.20 Å². The van der Waals surface area contributed by atoms with Crippen LogP contribution in [-0.4, -0.2) is 50.1 Å². The molecule has 9 heteroatoms. The number of carbonyl (C=O) groups excluding carboxylic acids is 1. The van der Waals surface area contributed by atoms with Crippen molar-refractivity contribution in [2.75, 3.05) is 14.2 Å². The van der Waals surface area contributed by atoms with E-state index in [0.29, 0.717) is 22.5 Å². The van der Waals surface area contributed by atoms with Gasteiger partial charge in [0.15, 0.2) is 5.52 Å². The van der Waals surface area contributed by atoms with E-state index in [4.69, 9.17) is 4.74 Å². The number of nitrogens with one attached hydrogen (secondary N) is 1. The van der Waals surface area contributed by atoms with E-state index in [1.807, 2.05) is 6.92 Å². The average Bonchev–Trinajstić information content (AvgIpc) is 3.13. The average molecular weight is 320 g/mol. The summed E-state index contributed by atoms with van der Waals surface area (Å²) in [6.07, 6.45) is 2.87. The molecule has 0 aliphatic carbocycles. The predicted octanol–water partition coefficient (Wildman–Crippen LogP) is 1.91. The van der Waals surface area contributed by atoms with Gasteiger partial charge in [0.1, 0.15) is 5.52 Å². The van der Waals surface area contributed by atoms with Crippen LogP contribution in [0.5, 0.6) is 5.88 Å². The minimum atomic E-state index is -0.478. The van der Waals surface area contributed by atoms with Crippen LogP contribution in [0.15, 0.2) is 12.4 Å². The zero-order chi connectivity index (χ0) is 15.0. The van der Waals surface area contributed by atoms with Crippen molar-refractivity contribution >= 4 is 17.0 Å². The Morgan fingerprint density at radius 1 is 1.22 bits per heavy atom. The highest BCUT2D eigenvalue weighted by Crippen LogP contribution is 2.23. The first-order chi connectivity index (χ1) is 10.1. The highest BCUT2D eigenvalue weighted by Gasteiger charge is 2.16. The summed E-state index contributed by atoms with van der Waals surface area (Å²) < 4.78 is 11.2. The number of hydrogen-bond donors (Lipinski definition) is 1. The summed E-state index contributed by atoms with van der Waals surface area (Å²) >= 11 is 0. The molecule has 3 rings (SSSR count). The highest BCUT2D eigenvalue weighted by molar-refractivity contribution is 5.88. The normalized spacial score (nSPS) is 9.87. The zero-order valence-electron chi connectivity index (χ0n) is 11.6. The fourth-order valence-corrected chi connectivity index (χ4v) is 1.88. The highest BCUT2D eigenvalue weighted by atomic mass is 16.5. The summed E-state index contributed by atoms with van der Waals surface area (Å²) in [7, 11) is 2.80. The second-order valence-electron chi connectivity index (χ2n) is 4.24. The van der Waals surface area contributed by atoms with Crippen molar-refractivity contribution < 1.29 is 14.3 Å². The van der Waals surface area contributed by atoms with Gasteiger partial charge >= 0.3 is 5.97 Å². The third-order valence-corrected chi connectivity index (χ3v) is 2.93. The summed E-state index contributed by atoms with van der Waals surface area (Å²) in [5, 5.41) is 11.0. The smallest absolute Gasteiger partial charge is 0.341 e. The number of hydrogen-bond acceptors (Lipinski definition) is 7. The van der Waals surface area contributed by atoms with E-state index in [0.717, 1.165) is 5.69 Å². The number of ether oxygens (including phenoxy) is 2. The van der Waals surface area contributed by atoms with Crippen LogP contribution in [0.1, 0.15) is 30.9 Å². The number of aromatic nitrogens is 6. The maximum Gasteiger partial charge on any atom is 0.341 e. The van der Waals surface area contributed by atoms with Gasteiger partial charge < -0.3 is 9.47 Å². The van der Waals surface area contributed by atoms with E-state index in [-0.39, 0.29) is 20.8 Å². The quantitative estimate of drug-likeness (QED) is 0.734. The Bertz CT molecular complexity index is 823. The Balaban J connectivity index is 0.00000132. The van der Waals surface area contributed by atoms with E-state index < -0.39 is 5.97 Å². The number of fused-ring (bicyclic) bond motifs is 1. The lowest BCUT2D eigenvalue weighted by atomic mass is 10.3. The van der Waals surface area contributed by atoms with Crippen LogP contribution in [0.3, 0.4) is 0 Å². The predicted molar refractivity (Wildman–Crippen MR) is 84.9 cm³/mol. The molecule has 1 N–H and O–H groups in total. The van der Waals surface area contributed by atoms with Crippen LogP contribution in [-0.2, 0) is 4.74 Å². The molecule has 0 fully saturated rings. The summed E-state index contributed by atoms with van der Waals surface area (Å²) in [6, 6.07) is 0. The van der Waals surface area contributed by atoms with Crippen LogP contribution >= 0.6 is 0 Å². The van der Waals surface area contributed by atoms with Crippen LogP contribution in [0.2, 0.25) is 0 Å². The van der Waals surface area contributed by atoms with Crippen molar-refractivity contribution in [3.63, 3.8) is 0 Å². The number of aryl methyl sites for hydroxylation is 1. The van der Waals surface area contributed by atoms with E-state index in [1.54, 1.807) is 0 Å². The molecule has 3 heterocycles. The van der Waals surface area contributed by atoms with Crippen LogP contribution in [0.25, 0.3) is 17.0 Å². The Labute approximate surface area is 133 Å². The second-order valence-corrected chi connectivity index (χ2v) is 4.24. The van der Waals surface area contributed by atoms with E-state index >= 15 is 0 Å². The first-order valence-corrected chi connectivity index (χ1v) is 6.04. The summed E-state index contributed by atoms with van der Waals surface area (Å²) in [4.78, 5) is 20.1. The van der Waals surface area contributed by atoms with Crippen molar-refractivity contribution in [3.8, 4) is 11.8 Å². The number of esters is 1. The molecule has 0 saturated carbocycles. The summed E-state index contributed by atoms with van der Waals surface area (Å²) in [6.45, 7) is 1.84. The van der Waals surface area contributed by atoms with Gasteiger partial charge in [0.25, 0.3) is 5.95 Å². The number of carbonyl (C=O) groups is 1. The molecule has 0 spiro atoms. The molecule has 3 aromatic rings. The largest absolute Gasteiger partial charge is 0.479 e. The molecule has 124 valence electrons. The lowest BCUT2D eigenvalue weighted by Gasteiger charge is -2.03.